The SMILES string of the molecule is C[Si](C)(C)CCOCn1cc(-c2nc(Cl)ncc2C(F)(F)F)c2ccc(C#N)cc21. The molecule has 0 spiro atoms. The zero-order chi connectivity index (χ0) is 22.1. The predicted octanol–water partition coefficient (Wildman–Crippen LogP) is 5.95. The second kappa shape index (κ2) is 8.38. The van der Waals surface area contributed by atoms with E-state index in [1.807, 2.05) is 0 Å². The lowest BCUT2D eigenvalue weighted by Gasteiger charge is -2.15. The summed E-state index contributed by atoms with van der Waals surface area (Å²) in [6, 6.07) is 7.80. The molecule has 0 N–H and O–H groups in total. The van der Waals surface area contributed by atoms with Crippen molar-refractivity contribution in [3.05, 3.63) is 47.0 Å². The van der Waals surface area contributed by atoms with Gasteiger partial charge in [-0.2, -0.15) is 18.4 Å². The van der Waals surface area contributed by atoms with Crippen LogP contribution in [0.1, 0.15) is 11.1 Å². The van der Waals surface area contributed by atoms with Gasteiger partial charge in [0.05, 0.1) is 22.8 Å². The first kappa shape index (κ1) is 22.3. The molecule has 0 aliphatic rings. The number of hydrogen-bond acceptors (Lipinski definition) is 4. The van der Waals surface area contributed by atoms with E-state index in [0.29, 0.717) is 29.3 Å². The van der Waals surface area contributed by atoms with E-state index < -0.39 is 19.8 Å². The van der Waals surface area contributed by atoms with Gasteiger partial charge in [-0.05, 0) is 29.8 Å². The van der Waals surface area contributed by atoms with Crippen molar-refractivity contribution >= 4 is 30.6 Å². The number of nitrogens with zero attached hydrogens (tertiary/aromatic N) is 4. The molecule has 0 atom stereocenters. The van der Waals surface area contributed by atoms with Gasteiger partial charge in [-0.25, -0.2) is 9.97 Å². The molecule has 0 amide bonds. The molecule has 1 aromatic carbocycles. The average Bonchev–Trinajstić information content (AvgIpc) is 3.01. The van der Waals surface area contributed by atoms with Crippen molar-refractivity contribution < 1.29 is 17.9 Å². The molecule has 2 aromatic heterocycles. The van der Waals surface area contributed by atoms with Gasteiger partial charge < -0.3 is 9.30 Å². The Kier molecular flexibility index (Phi) is 6.22. The predicted molar refractivity (Wildman–Crippen MR) is 112 cm³/mol. The van der Waals surface area contributed by atoms with E-state index in [1.54, 1.807) is 29.0 Å². The van der Waals surface area contributed by atoms with Crippen molar-refractivity contribution in [3.63, 3.8) is 0 Å². The molecule has 10 heteroatoms. The van der Waals surface area contributed by atoms with Crippen LogP contribution in [0.2, 0.25) is 31.0 Å². The van der Waals surface area contributed by atoms with Gasteiger partial charge in [-0.3, -0.25) is 0 Å². The van der Waals surface area contributed by atoms with Gasteiger partial charge in [-0.1, -0.05) is 25.7 Å². The maximum absolute atomic E-state index is 13.6. The third-order valence-corrected chi connectivity index (χ3v) is 6.44. The van der Waals surface area contributed by atoms with Crippen LogP contribution in [-0.2, 0) is 17.6 Å². The van der Waals surface area contributed by atoms with E-state index in [9.17, 15) is 18.4 Å². The smallest absolute Gasteiger partial charge is 0.361 e. The zero-order valence-corrected chi connectivity index (χ0v) is 18.5. The Balaban J connectivity index is 2.09. The van der Waals surface area contributed by atoms with E-state index in [2.05, 4.69) is 35.7 Å². The Labute approximate surface area is 178 Å². The number of ether oxygens (including phenoxy) is 1. The first-order valence-corrected chi connectivity index (χ1v) is 13.3. The van der Waals surface area contributed by atoms with Crippen LogP contribution in [0.25, 0.3) is 22.2 Å². The average molecular weight is 453 g/mol. The van der Waals surface area contributed by atoms with Crippen molar-refractivity contribution in [2.45, 2.75) is 38.6 Å². The van der Waals surface area contributed by atoms with Crippen LogP contribution in [0, 0.1) is 11.3 Å². The van der Waals surface area contributed by atoms with Gasteiger partial charge in [0.25, 0.3) is 0 Å². The summed E-state index contributed by atoms with van der Waals surface area (Å²) in [6.07, 6.45) is -2.41. The zero-order valence-electron chi connectivity index (χ0n) is 16.7. The number of nitriles is 1. The number of alkyl halides is 3. The maximum Gasteiger partial charge on any atom is 0.419 e. The number of aromatic nitrogens is 3. The summed E-state index contributed by atoms with van der Waals surface area (Å²) in [5.41, 5.74) is -0.0555. The molecular weight excluding hydrogens is 433 g/mol. The van der Waals surface area contributed by atoms with Gasteiger partial charge in [-0.15, -0.1) is 0 Å². The van der Waals surface area contributed by atoms with Crippen molar-refractivity contribution in [2.75, 3.05) is 6.61 Å². The minimum Gasteiger partial charge on any atom is -0.361 e. The van der Waals surface area contributed by atoms with Crippen molar-refractivity contribution in [3.8, 4) is 17.3 Å². The van der Waals surface area contributed by atoms with Crippen molar-refractivity contribution in [1.29, 1.82) is 5.26 Å². The standard InChI is InChI=1S/C20H20ClF3N4OSi/c1-30(2,3)7-6-29-12-28-11-15(14-5-4-13(9-25)8-17(14)28)18-16(20(22,23)24)10-26-19(21)27-18/h4-5,8,10-11H,6-7,12H2,1-3H3. The number of fused-ring (bicyclic) bond motifs is 1. The Hall–Kier alpha value is -2.41. The largest absolute Gasteiger partial charge is 0.419 e. The van der Waals surface area contributed by atoms with Crippen LogP contribution >= 0.6 is 11.6 Å². The molecule has 158 valence electrons. The van der Waals surface area contributed by atoms with Crippen LogP contribution in [0.5, 0.6) is 0 Å². The monoisotopic (exact) mass is 452 g/mol. The minimum absolute atomic E-state index is 0.149. The summed E-state index contributed by atoms with van der Waals surface area (Å²) in [7, 11) is -1.28. The third kappa shape index (κ3) is 5.01. The Morgan fingerprint density at radius 1 is 1.27 bits per heavy atom. The molecule has 2 heterocycles. The van der Waals surface area contributed by atoms with Crippen LogP contribution < -0.4 is 0 Å². The van der Waals surface area contributed by atoms with E-state index in [0.717, 1.165) is 6.04 Å². The summed E-state index contributed by atoms with van der Waals surface area (Å²) in [5.74, 6) is 0. The van der Waals surface area contributed by atoms with Gasteiger partial charge in [0, 0.05) is 38.0 Å². The van der Waals surface area contributed by atoms with Crippen molar-refractivity contribution in [1.82, 2.24) is 14.5 Å². The van der Waals surface area contributed by atoms with Gasteiger partial charge in [0.2, 0.25) is 5.28 Å². The molecule has 0 saturated heterocycles. The molecule has 0 unspecified atom stereocenters. The van der Waals surface area contributed by atoms with Crippen LogP contribution in [0.3, 0.4) is 0 Å². The van der Waals surface area contributed by atoms with Crippen molar-refractivity contribution in [2.24, 2.45) is 0 Å². The van der Waals surface area contributed by atoms with E-state index in [4.69, 9.17) is 16.3 Å². The molecule has 5 nitrogen and oxygen atoms in total. The number of benzene rings is 1. The van der Waals surface area contributed by atoms with Gasteiger partial charge >= 0.3 is 6.18 Å². The lowest BCUT2D eigenvalue weighted by atomic mass is 10.0. The summed E-state index contributed by atoms with van der Waals surface area (Å²) >= 11 is 5.81. The highest BCUT2D eigenvalue weighted by Gasteiger charge is 2.36. The quantitative estimate of drug-likeness (QED) is 0.263. The fourth-order valence-corrected chi connectivity index (χ4v) is 3.86. The Bertz CT molecular complexity index is 1120. The molecule has 3 aromatic rings. The molecular formula is C20H20ClF3N4OSi. The second-order valence-corrected chi connectivity index (χ2v) is 14.1. The van der Waals surface area contributed by atoms with E-state index in [1.165, 1.54) is 0 Å². The maximum atomic E-state index is 13.6. The second-order valence-electron chi connectivity index (χ2n) is 8.10. The van der Waals surface area contributed by atoms with Gasteiger partial charge in [0.15, 0.2) is 0 Å². The highest BCUT2D eigenvalue weighted by Crippen LogP contribution is 2.39. The highest BCUT2D eigenvalue weighted by atomic mass is 35.5. The fourth-order valence-electron chi connectivity index (χ4n) is 2.97. The van der Waals surface area contributed by atoms with Crippen LogP contribution in [0.4, 0.5) is 13.2 Å². The molecule has 30 heavy (non-hydrogen) atoms. The Morgan fingerprint density at radius 3 is 2.63 bits per heavy atom. The Morgan fingerprint density at radius 2 is 2.00 bits per heavy atom. The van der Waals surface area contributed by atoms with Crippen LogP contribution in [0.15, 0.2) is 30.6 Å². The normalized spacial score (nSPS) is 12.3. The van der Waals surface area contributed by atoms with E-state index in [-0.39, 0.29) is 23.3 Å². The molecule has 0 saturated carbocycles. The molecule has 0 aliphatic carbocycles. The van der Waals surface area contributed by atoms with Gasteiger partial charge in [0.1, 0.15) is 12.3 Å². The molecule has 0 bridgehead atoms. The fraction of sp³-hybridized carbons (Fsp3) is 0.350. The number of halogens is 4. The molecule has 0 radical (unpaired) electrons. The topological polar surface area (TPSA) is 63.7 Å². The summed E-state index contributed by atoms with van der Waals surface area (Å²) in [4.78, 5) is 7.36. The van der Waals surface area contributed by atoms with Crippen LogP contribution in [-0.4, -0.2) is 29.2 Å². The molecule has 0 aliphatic heterocycles. The minimum atomic E-state index is -4.64. The summed E-state index contributed by atoms with van der Waals surface area (Å²) < 4.78 is 48.1. The lowest BCUT2D eigenvalue weighted by molar-refractivity contribution is -0.137. The summed E-state index contributed by atoms with van der Waals surface area (Å²) in [6.45, 7) is 7.40. The third-order valence-electron chi connectivity index (χ3n) is 4.56. The lowest BCUT2D eigenvalue weighted by Crippen LogP contribution is -2.21. The van der Waals surface area contributed by atoms with E-state index >= 15 is 0 Å². The first-order chi connectivity index (χ1) is 14.0. The molecule has 0 fully saturated rings. The highest BCUT2D eigenvalue weighted by molar-refractivity contribution is 6.76. The summed E-state index contributed by atoms with van der Waals surface area (Å²) in [5, 5.41) is 9.47. The molecule has 3 rings (SSSR count). The number of rotatable bonds is 6. The first-order valence-electron chi connectivity index (χ1n) is 9.20. The number of hydrogen-bond donors (Lipinski definition) is 0.